The lowest BCUT2D eigenvalue weighted by Gasteiger charge is -2.36. The number of benzene rings is 2. The molecule has 1 fully saturated rings. The summed E-state index contributed by atoms with van der Waals surface area (Å²) in [5, 5.41) is 3.52. The van der Waals surface area contributed by atoms with Crippen LogP contribution in [0.2, 0.25) is 0 Å². The van der Waals surface area contributed by atoms with Gasteiger partial charge in [0.15, 0.2) is 5.96 Å². The Kier molecular flexibility index (Phi) is 11.1. The molecule has 0 bridgehead atoms. The summed E-state index contributed by atoms with van der Waals surface area (Å²) in [5.41, 5.74) is 2.57. The standard InChI is InChI=1S/C24H35N5O.HI/c1-25-24(26-19-22-10-7-11-23(18-22)30-17-16-27(2)3)29-14-12-28(13-15-29)20-21-8-5-4-6-9-21;/h4-11,18H,12-17,19-20H2,1-3H3,(H,25,26);1H. The van der Waals surface area contributed by atoms with Gasteiger partial charge in [-0.3, -0.25) is 9.89 Å². The molecule has 0 unspecified atom stereocenters. The zero-order valence-corrected chi connectivity index (χ0v) is 21.3. The molecule has 0 atom stereocenters. The third-order valence-electron chi connectivity index (χ3n) is 5.29. The second-order valence-electron chi connectivity index (χ2n) is 7.95. The Hall–Kier alpha value is -1.84. The third kappa shape index (κ3) is 8.66. The lowest BCUT2D eigenvalue weighted by Crippen LogP contribution is -2.52. The normalized spacial score (nSPS) is 15.0. The van der Waals surface area contributed by atoms with E-state index in [2.05, 4.69) is 81.6 Å². The van der Waals surface area contributed by atoms with Crippen molar-refractivity contribution in [3.63, 3.8) is 0 Å². The molecule has 0 amide bonds. The van der Waals surface area contributed by atoms with Crippen LogP contribution in [0.1, 0.15) is 11.1 Å². The molecule has 2 aromatic carbocycles. The van der Waals surface area contributed by atoms with Crippen LogP contribution in [0, 0.1) is 0 Å². The average molecular weight is 537 g/mol. The Bertz CT molecular complexity index is 792. The number of nitrogens with zero attached hydrogens (tertiary/aromatic N) is 4. The lowest BCUT2D eigenvalue weighted by atomic mass is 10.2. The number of rotatable bonds is 8. The van der Waals surface area contributed by atoms with Crippen molar-refractivity contribution < 1.29 is 4.74 Å². The number of piperazine rings is 1. The number of guanidine groups is 1. The summed E-state index contributed by atoms with van der Waals surface area (Å²) in [6.45, 7) is 7.42. The molecule has 0 aromatic heterocycles. The molecule has 0 saturated carbocycles. The smallest absolute Gasteiger partial charge is 0.194 e. The number of hydrogen-bond acceptors (Lipinski definition) is 4. The Labute approximate surface area is 204 Å². The molecule has 1 aliphatic rings. The van der Waals surface area contributed by atoms with Gasteiger partial charge in [-0.15, -0.1) is 24.0 Å². The van der Waals surface area contributed by atoms with Crippen LogP contribution in [-0.4, -0.2) is 81.1 Å². The number of nitrogens with one attached hydrogen (secondary N) is 1. The summed E-state index contributed by atoms with van der Waals surface area (Å²) in [6.07, 6.45) is 0. The van der Waals surface area contributed by atoms with Crippen molar-refractivity contribution in [2.45, 2.75) is 13.1 Å². The molecule has 3 rings (SSSR count). The van der Waals surface area contributed by atoms with E-state index in [1.807, 2.05) is 19.2 Å². The van der Waals surface area contributed by atoms with Crippen LogP contribution in [0.4, 0.5) is 0 Å². The monoisotopic (exact) mass is 537 g/mol. The minimum atomic E-state index is 0. The van der Waals surface area contributed by atoms with Gasteiger partial charge in [-0.1, -0.05) is 42.5 Å². The third-order valence-corrected chi connectivity index (χ3v) is 5.29. The molecule has 0 aliphatic carbocycles. The van der Waals surface area contributed by atoms with Crippen molar-refractivity contribution in [1.29, 1.82) is 0 Å². The number of likely N-dealkylation sites (N-methyl/N-ethyl adjacent to an activating group) is 1. The average Bonchev–Trinajstić information content (AvgIpc) is 2.76. The van der Waals surface area contributed by atoms with Crippen LogP contribution in [0.15, 0.2) is 59.6 Å². The SMILES string of the molecule is CN=C(NCc1cccc(OCCN(C)C)c1)N1CCN(Cc2ccccc2)CC1.I. The molecule has 6 nitrogen and oxygen atoms in total. The molecule has 31 heavy (non-hydrogen) atoms. The largest absolute Gasteiger partial charge is 0.492 e. The van der Waals surface area contributed by atoms with Crippen LogP contribution in [0.5, 0.6) is 5.75 Å². The van der Waals surface area contributed by atoms with Crippen molar-refractivity contribution >= 4 is 29.9 Å². The molecule has 1 heterocycles. The van der Waals surface area contributed by atoms with E-state index in [1.165, 1.54) is 11.1 Å². The maximum atomic E-state index is 5.85. The summed E-state index contributed by atoms with van der Waals surface area (Å²) in [6, 6.07) is 19.0. The molecule has 7 heteroatoms. The van der Waals surface area contributed by atoms with Crippen LogP contribution < -0.4 is 10.1 Å². The van der Waals surface area contributed by atoms with Crippen molar-refractivity contribution in [3.05, 3.63) is 65.7 Å². The van der Waals surface area contributed by atoms with Crippen molar-refractivity contribution in [2.24, 2.45) is 4.99 Å². The fraction of sp³-hybridized carbons (Fsp3) is 0.458. The highest BCUT2D eigenvalue weighted by Gasteiger charge is 2.19. The fourth-order valence-electron chi connectivity index (χ4n) is 3.56. The van der Waals surface area contributed by atoms with Crippen LogP contribution in [-0.2, 0) is 13.1 Å². The quantitative estimate of drug-likeness (QED) is 0.319. The molecule has 170 valence electrons. The topological polar surface area (TPSA) is 43.3 Å². The van der Waals surface area contributed by atoms with E-state index in [9.17, 15) is 0 Å². The molecule has 1 aliphatic heterocycles. The van der Waals surface area contributed by atoms with E-state index in [-0.39, 0.29) is 24.0 Å². The van der Waals surface area contributed by atoms with Gasteiger partial charge < -0.3 is 19.9 Å². The van der Waals surface area contributed by atoms with E-state index in [0.717, 1.165) is 57.5 Å². The van der Waals surface area contributed by atoms with Crippen molar-refractivity contribution in [1.82, 2.24) is 20.0 Å². The van der Waals surface area contributed by atoms with E-state index >= 15 is 0 Å². The highest BCUT2D eigenvalue weighted by molar-refractivity contribution is 14.0. The molecular weight excluding hydrogens is 501 g/mol. The van der Waals surface area contributed by atoms with Gasteiger partial charge in [0.1, 0.15) is 12.4 Å². The minimum absolute atomic E-state index is 0. The van der Waals surface area contributed by atoms with Gasteiger partial charge in [-0.05, 0) is 37.4 Å². The zero-order valence-electron chi connectivity index (χ0n) is 19.0. The second kappa shape index (κ2) is 13.5. The number of hydrogen-bond donors (Lipinski definition) is 1. The maximum Gasteiger partial charge on any atom is 0.194 e. The Morgan fingerprint density at radius 1 is 1.00 bits per heavy atom. The van der Waals surface area contributed by atoms with Gasteiger partial charge in [0, 0.05) is 52.9 Å². The van der Waals surface area contributed by atoms with Crippen LogP contribution >= 0.6 is 24.0 Å². The van der Waals surface area contributed by atoms with E-state index < -0.39 is 0 Å². The van der Waals surface area contributed by atoms with E-state index in [0.29, 0.717) is 6.61 Å². The molecular formula is C24H36IN5O. The summed E-state index contributed by atoms with van der Waals surface area (Å²) in [7, 11) is 5.97. The molecule has 0 radical (unpaired) electrons. The predicted octanol–water partition coefficient (Wildman–Crippen LogP) is 3.14. The van der Waals surface area contributed by atoms with Gasteiger partial charge in [-0.2, -0.15) is 0 Å². The summed E-state index contributed by atoms with van der Waals surface area (Å²) < 4.78 is 5.85. The first kappa shape index (κ1) is 25.4. The summed E-state index contributed by atoms with van der Waals surface area (Å²) >= 11 is 0. The number of aliphatic imine (C=N–C) groups is 1. The Morgan fingerprint density at radius 2 is 1.71 bits per heavy atom. The molecule has 0 spiro atoms. The summed E-state index contributed by atoms with van der Waals surface area (Å²) in [4.78, 5) is 11.5. The first-order valence-electron chi connectivity index (χ1n) is 10.7. The zero-order chi connectivity index (χ0) is 21.2. The maximum absolute atomic E-state index is 5.85. The van der Waals surface area contributed by atoms with Gasteiger partial charge in [-0.25, -0.2) is 0 Å². The highest BCUT2D eigenvalue weighted by Crippen LogP contribution is 2.14. The Morgan fingerprint density at radius 3 is 2.39 bits per heavy atom. The number of halogens is 1. The van der Waals surface area contributed by atoms with Crippen molar-refractivity contribution in [3.8, 4) is 5.75 Å². The minimum Gasteiger partial charge on any atom is -0.492 e. The first-order valence-corrected chi connectivity index (χ1v) is 10.7. The van der Waals surface area contributed by atoms with Crippen LogP contribution in [0.3, 0.4) is 0 Å². The second-order valence-corrected chi connectivity index (χ2v) is 7.95. The number of ether oxygens (including phenoxy) is 1. The summed E-state index contributed by atoms with van der Waals surface area (Å²) in [5.74, 6) is 1.88. The van der Waals surface area contributed by atoms with E-state index in [4.69, 9.17) is 4.74 Å². The lowest BCUT2D eigenvalue weighted by molar-refractivity contribution is 0.172. The van der Waals surface area contributed by atoms with Gasteiger partial charge >= 0.3 is 0 Å². The fourth-order valence-corrected chi connectivity index (χ4v) is 3.56. The van der Waals surface area contributed by atoms with Gasteiger partial charge in [0.25, 0.3) is 0 Å². The van der Waals surface area contributed by atoms with E-state index in [1.54, 1.807) is 0 Å². The van der Waals surface area contributed by atoms with Gasteiger partial charge in [0.05, 0.1) is 0 Å². The Balaban J connectivity index is 0.00000341. The molecule has 1 N–H and O–H groups in total. The van der Waals surface area contributed by atoms with Crippen molar-refractivity contribution in [2.75, 3.05) is 60.5 Å². The van der Waals surface area contributed by atoms with Crippen LogP contribution in [0.25, 0.3) is 0 Å². The molecule has 2 aromatic rings. The first-order chi connectivity index (χ1) is 14.6. The van der Waals surface area contributed by atoms with Gasteiger partial charge in [0.2, 0.25) is 0 Å². The predicted molar refractivity (Wildman–Crippen MR) is 139 cm³/mol. The highest BCUT2D eigenvalue weighted by atomic mass is 127. The molecule has 1 saturated heterocycles.